The van der Waals surface area contributed by atoms with E-state index in [0.29, 0.717) is 17.9 Å². The zero-order chi connectivity index (χ0) is 14.5. The number of hydrogen-bond donors (Lipinski definition) is 2. The Morgan fingerprint density at radius 1 is 1.35 bits per heavy atom. The van der Waals surface area contributed by atoms with Crippen LogP contribution in [0.15, 0.2) is 17.5 Å². The number of nitrogens with zero attached hydrogens (tertiary/aromatic N) is 2. The predicted molar refractivity (Wildman–Crippen MR) is 80.9 cm³/mol. The van der Waals surface area contributed by atoms with Crippen LogP contribution in [0.1, 0.15) is 33.7 Å². The van der Waals surface area contributed by atoms with Crippen molar-refractivity contribution in [2.24, 2.45) is 0 Å². The summed E-state index contributed by atoms with van der Waals surface area (Å²) in [7, 11) is 0. The summed E-state index contributed by atoms with van der Waals surface area (Å²) in [5.74, 6) is 0.255. The number of nitrogens with one attached hydrogen (secondary N) is 1. The molecule has 0 aliphatic heterocycles. The van der Waals surface area contributed by atoms with E-state index in [2.05, 4.69) is 15.3 Å². The van der Waals surface area contributed by atoms with Crippen LogP contribution in [-0.2, 0) is 12.8 Å². The monoisotopic (exact) mass is 290 g/mol. The molecule has 0 saturated heterocycles. The summed E-state index contributed by atoms with van der Waals surface area (Å²) in [6.07, 6.45) is 1.49. The van der Waals surface area contributed by atoms with Gasteiger partial charge in [0.05, 0.1) is 10.7 Å². The highest BCUT2D eigenvalue weighted by Gasteiger charge is 2.08. The SMILES string of the molecule is CCc1cc(C(=O)NCCc2csc(C)n2)cc(N)n1. The summed E-state index contributed by atoms with van der Waals surface area (Å²) in [4.78, 5) is 20.6. The Hall–Kier alpha value is -1.95. The number of anilines is 1. The van der Waals surface area contributed by atoms with Gasteiger partial charge in [-0.3, -0.25) is 4.79 Å². The van der Waals surface area contributed by atoms with Gasteiger partial charge in [0.1, 0.15) is 5.82 Å². The van der Waals surface area contributed by atoms with Crippen molar-refractivity contribution >= 4 is 23.1 Å². The van der Waals surface area contributed by atoms with Crippen molar-refractivity contribution < 1.29 is 4.79 Å². The number of aromatic nitrogens is 2. The molecular formula is C14H18N4OS. The van der Waals surface area contributed by atoms with Crippen molar-refractivity contribution in [2.75, 3.05) is 12.3 Å². The van der Waals surface area contributed by atoms with Crippen molar-refractivity contribution in [3.8, 4) is 0 Å². The van der Waals surface area contributed by atoms with Crippen LogP contribution in [0.4, 0.5) is 5.82 Å². The number of pyridine rings is 1. The number of thiazole rings is 1. The van der Waals surface area contributed by atoms with Crippen molar-refractivity contribution in [1.29, 1.82) is 0 Å². The van der Waals surface area contributed by atoms with Gasteiger partial charge >= 0.3 is 0 Å². The molecule has 0 spiro atoms. The molecule has 0 radical (unpaired) electrons. The van der Waals surface area contributed by atoms with E-state index in [1.165, 1.54) is 0 Å². The number of carbonyl (C=O) groups excluding carboxylic acids is 1. The van der Waals surface area contributed by atoms with Gasteiger partial charge in [-0.2, -0.15) is 0 Å². The molecule has 5 nitrogen and oxygen atoms in total. The molecule has 1 amide bonds. The smallest absolute Gasteiger partial charge is 0.251 e. The van der Waals surface area contributed by atoms with E-state index in [1.54, 1.807) is 23.5 Å². The zero-order valence-corrected chi connectivity index (χ0v) is 12.5. The number of nitrogens with two attached hydrogens (primary N) is 1. The highest BCUT2D eigenvalue weighted by atomic mass is 32.1. The lowest BCUT2D eigenvalue weighted by Crippen LogP contribution is -2.26. The van der Waals surface area contributed by atoms with Gasteiger partial charge in [0, 0.05) is 29.6 Å². The Balaban J connectivity index is 1.93. The molecule has 0 unspecified atom stereocenters. The molecule has 0 atom stereocenters. The van der Waals surface area contributed by atoms with Crippen LogP contribution < -0.4 is 11.1 Å². The summed E-state index contributed by atoms with van der Waals surface area (Å²) in [6, 6.07) is 3.38. The Labute approximate surface area is 122 Å². The maximum Gasteiger partial charge on any atom is 0.251 e. The van der Waals surface area contributed by atoms with Crippen molar-refractivity contribution in [2.45, 2.75) is 26.7 Å². The van der Waals surface area contributed by atoms with Gasteiger partial charge in [-0.05, 0) is 25.5 Å². The lowest BCUT2D eigenvalue weighted by Gasteiger charge is -2.06. The number of amides is 1. The first-order valence-electron chi connectivity index (χ1n) is 6.54. The standard InChI is InChI=1S/C14H18N4OS/c1-3-11-6-10(7-13(15)18-11)14(19)16-5-4-12-8-20-9(2)17-12/h6-8H,3-5H2,1-2H3,(H2,15,18)(H,16,19). The van der Waals surface area contributed by atoms with Gasteiger partial charge in [0.15, 0.2) is 0 Å². The van der Waals surface area contributed by atoms with Gasteiger partial charge in [0.25, 0.3) is 5.91 Å². The molecule has 2 aromatic heterocycles. The largest absolute Gasteiger partial charge is 0.384 e. The average molecular weight is 290 g/mol. The molecule has 0 aliphatic carbocycles. The van der Waals surface area contributed by atoms with Crippen molar-refractivity contribution in [1.82, 2.24) is 15.3 Å². The van der Waals surface area contributed by atoms with Crippen LogP contribution in [0.3, 0.4) is 0 Å². The van der Waals surface area contributed by atoms with Crippen LogP contribution in [0.2, 0.25) is 0 Å². The molecule has 0 aromatic carbocycles. The van der Waals surface area contributed by atoms with Crippen molar-refractivity contribution in [3.05, 3.63) is 39.5 Å². The third-order valence-electron chi connectivity index (χ3n) is 2.86. The molecule has 2 aromatic rings. The van der Waals surface area contributed by atoms with Crippen LogP contribution in [0, 0.1) is 6.92 Å². The molecule has 0 bridgehead atoms. The molecule has 0 aliphatic rings. The first kappa shape index (κ1) is 14.5. The first-order chi connectivity index (χ1) is 9.58. The molecule has 6 heteroatoms. The van der Waals surface area contributed by atoms with E-state index in [9.17, 15) is 4.79 Å². The summed E-state index contributed by atoms with van der Waals surface area (Å²) < 4.78 is 0. The summed E-state index contributed by atoms with van der Waals surface area (Å²) in [5, 5.41) is 5.93. The highest BCUT2D eigenvalue weighted by molar-refractivity contribution is 7.09. The summed E-state index contributed by atoms with van der Waals surface area (Å²) in [5.41, 5.74) is 8.09. The number of rotatable bonds is 5. The second-order valence-electron chi connectivity index (χ2n) is 4.49. The molecule has 106 valence electrons. The summed E-state index contributed by atoms with van der Waals surface area (Å²) >= 11 is 1.62. The molecule has 2 heterocycles. The predicted octanol–water partition coefficient (Wildman–Crippen LogP) is 1.96. The Kier molecular flexibility index (Phi) is 4.68. The minimum absolute atomic E-state index is 0.124. The van der Waals surface area contributed by atoms with E-state index in [1.807, 2.05) is 19.2 Å². The number of aryl methyl sites for hydroxylation is 2. The maximum absolute atomic E-state index is 12.0. The number of nitrogen functional groups attached to an aromatic ring is 1. The fraction of sp³-hybridized carbons (Fsp3) is 0.357. The molecule has 2 rings (SSSR count). The van der Waals surface area contributed by atoms with Crippen LogP contribution in [-0.4, -0.2) is 22.4 Å². The number of hydrogen-bond acceptors (Lipinski definition) is 5. The van der Waals surface area contributed by atoms with Gasteiger partial charge in [-0.1, -0.05) is 6.92 Å². The normalized spacial score (nSPS) is 10.5. The lowest BCUT2D eigenvalue weighted by molar-refractivity contribution is 0.0954. The van der Waals surface area contributed by atoms with Gasteiger partial charge in [-0.25, -0.2) is 9.97 Å². The quantitative estimate of drug-likeness (QED) is 0.882. The minimum atomic E-state index is -0.124. The van der Waals surface area contributed by atoms with Gasteiger partial charge < -0.3 is 11.1 Å². The Bertz CT molecular complexity index is 609. The Morgan fingerprint density at radius 3 is 2.80 bits per heavy atom. The third-order valence-corrected chi connectivity index (χ3v) is 3.68. The molecular weight excluding hydrogens is 272 g/mol. The van der Waals surface area contributed by atoms with E-state index in [-0.39, 0.29) is 5.91 Å². The molecule has 0 saturated carbocycles. The van der Waals surface area contributed by atoms with Crippen LogP contribution >= 0.6 is 11.3 Å². The second-order valence-corrected chi connectivity index (χ2v) is 5.55. The van der Waals surface area contributed by atoms with Gasteiger partial charge in [0.2, 0.25) is 0 Å². The summed E-state index contributed by atoms with van der Waals surface area (Å²) in [6.45, 7) is 4.51. The highest BCUT2D eigenvalue weighted by Crippen LogP contribution is 2.09. The van der Waals surface area contributed by atoms with E-state index in [4.69, 9.17) is 5.73 Å². The molecule has 0 fully saturated rings. The molecule has 20 heavy (non-hydrogen) atoms. The second kappa shape index (κ2) is 6.47. The molecule has 3 N–H and O–H groups in total. The lowest BCUT2D eigenvalue weighted by atomic mass is 10.2. The minimum Gasteiger partial charge on any atom is -0.384 e. The average Bonchev–Trinajstić information content (AvgIpc) is 2.83. The fourth-order valence-corrected chi connectivity index (χ4v) is 2.50. The van der Waals surface area contributed by atoms with Gasteiger partial charge in [-0.15, -0.1) is 11.3 Å². The van der Waals surface area contributed by atoms with Crippen LogP contribution in [0.25, 0.3) is 0 Å². The fourth-order valence-electron chi connectivity index (χ4n) is 1.85. The van der Waals surface area contributed by atoms with Crippen LogP contribution in [0.5, 0.6) is 0 Å². The zero-order valence-electron chi connectivity index (χ0n) is 11.6. The number of carbonyl (C=O) groups is 1. The third kappa shape index (κ3) is 3.77. The van der Waals surface area contributed by atoms with E-state index < -0.39 is 0 Å². The van der Waals surface area contributed by atoms with E-state index >= 15 is 0 Å². The first-order valence-corrected chi connectivity index (χ1v) is 7.42. The topological polar surface area (TPSA) is 80.9 Å². The Morgan fingerprint density at radius 2 is 2.15 bits per heavy atom. The van der Waals surface area contributed by atoms with E-state index in [0.717, 1.165) is 29.2 Å². The maximum atomic E-state index is 12.0. The van der Waals surface area contributed by atoms with Crippen molar-refractivity contribution in [3.63, 3.8) is 0 Å².